The molecule has 0 aliphatic carbocycles. The molecule has 2 rings (SSSR count). The summed E-state index contributed by atoms with van der Waals surface area (Å²) < 4.78 is 1.01. The Hall–Kier alpha value is -1.56. The Balaban J connectivity index is 1.92. The van der Waals surface area contributed by atoms with Gasteiger partial charge in [-0.25, -0.2) is 14.3 Å². The Labute approximate surface area is 132 Å². The zero-order valence-corrected chi connectivity index (χ0v) is 12.7. The van der Waals surface area contributed by atoms with Crippen molar-refractivity contribution in [2.45, 2.75) is 25.3 Å². The molecule has 0 unspecified atom stereocenters. The Kier molecular flexibility index (Phi) is 5.22. The molecule has 0 amide bonds. The van der Waals surface area contributed by atoms with E-state index in [0.29, 0.717) is 35.0 Å². The maximum absolute atomic E-state index is 10.7. The molecule has 7 heteroatoms. The Morgan fingerprint density at radius 3 is 2.62 bits per heavy atom. The average Bonchev–Trinajstić information content (AvgIpc) is 2.87. The van der Waals surface area contributed by atoms with Gasteiger partial charge in [0.2, 0.25) is 0 Å². The third-order valence-corrected chi connectivity index (χ3v) is 3.86. The minimum atomic E-state index is -1.06. The molecule has 21 heavy (non-hydrogen) atoms. The lowest BCUT2D eigenvalue weighted by atomic mass is 10.0. The van der Waals surface area contributed by atoms with Crippen LogP contribution in [0.2, 0.25) is 10.0 Å². The van der Waals surface area contributed by atoms with Crippen molar-refractivity contribution in [3.05, 3.63) is 52.0 Å². The maximum Gasteiger partial charge on any atom is 0.416 e. The van der Waals surface area contributed by atoms with Crippen LogP contribution in [0.25, 0.3) is 0 Å². The molecule has 0 saturated carbocycles. The number of halogens is 2. The van der Waals surface area contributed by atoms with Crippen LogP contribution in [0.3, 0.4) is 0 Å². The van der Waals surface area contributed by atoms with Crippen molar-refractivity contribution in [3.8, 4) is 0 Å². The van der Waals surface area contributed by atoms with Crippen LogP contribution >= 0.6 is 23.2 Å². The average molecular weight is 328 g/mol. The van der Waals surface area contributed by atoms with Gasteiger partial charge < -0.3 is 10.8 Å². The van der Waals surface area contributed by atoms with Gasteiger partial charge in [-0.05, 0) is 30.5 Å². The summed E-state index contributed by atoms with van der Waals surface area (Å²) in [6, 6.07) is 5.24. The highest BCUT2D eigenvalue weighted by Gasteiger charge is 2.11. The summed E-state index contributed by atoms with van der Waals surface area (Å²) in [5.74, 6) is 0. The highest BCUT2D eigenvalue weighted by molar-refractivity contribution is 6.35. The molecule has 0 bridgehead atoms. The molecular weight excluding hydrogens is 313 g/mol. The van der Waals surface area contributed by atoms with Gasteiger partial charge in [0.1, 0.15) is 6.33 Å². The van der Waals surface area contributed by atoms with Crippen molar-refractivity contribution in [2.24, 2.45) is 5.73 Å². The number of hydrogen-bond donors (Lipinski definition) is 2. The van der Waals surface area contributed by atoms with E-state index in [0.717, 1.165) is 10.1 Å². The first-order chi connectivity index (χ1) is 9.97. The number of benzene rings is 1. The maximum atomic E-state index is 10.7. The van der Waals surface area contributed by atoms with Crippen LogP contribution in [0.5, 0.6) is 0 Å². The predicted molar refractivity (Wildman–Crippen MR) is 82.1 cm³/mol. The number of carboxylic acid groups (broad SMARTS) is 1. The van der Waals surface area contributed by atoms with E-state index in [4.69, 9.17) is 34.0 Å². The monoisotopic (exact) mass is 327 g/mol. The molecular formula is C14H15Cl2N3O2. The van der Waals surface area contributed by atoms with E-state index < -0.39 is 6.09 Å². The first kappa shape index (κ1) is 15.8. The third kappa shape index (κ3) is 4.20. The lowest BCUT2D eigenvalue weighted by Crippen LogP contribution is -2.23. The van der Waals surface area contributed by atoms with E-state index in [-0.39, 0.29) is 6.04 Å². The number of rotatable bonds is 5. The zero-order valence-electron chi connectivity index (χ0n) is 11.2. The van der Waals surface area contributed by atoms with Gasteiger partial charge in [0, 0.05) is 28.7 Å². The van der Waals surface area contributed by atoms with E-state index in [9.17, 15) is 4.79 Å². The topological polar surface area (TPSA) is 81.1 Å². The summed E-state index contributed by atoms with van der Waals surface area (Å²) >= 11 is 12.2. The Morgan fingerprint density at radius 2 is 2.05 bits per heavy atom. The molecule has 0 spiro atoms. The molecule has 0 radical (unpaired) electrons. The summed E-state index contributed by atoms with van der Waals surface area (Å²) in [5.41, 5.74) is 7.59. The van der Waals surface area contributed by atoms with Crippen LogP contribution in [0.15, 0.2) is 30.7 Å². The molecule has 3 N–H and O–H groups in total. The second-order valence-electron chi connectivity index (χ2n) is 4.76. The summed E-state index contributed by atoms with van der Waals surface area (Å²) in [7, 11) is 0. The van der Waals surface area contributed by atoms with Crippen molar-refractivity contribution in [1.29, 1.82) is 0 Å². The Morgan fingerprint density at radius 1 is 1.38 bits per heavy atom. The molecule has 112 valence electrons. The van der Waals surface area contributed by atoms with Crippen molar-refractivity contribution in [1.82, 2.24) is 9.55 Å². The third-order valence-electron chi connectivity index (χ3n) is 3.16. The van der Waals surface area contributed by atoms with Gasteiger partial charge in [-0.3, -0.25) is 0 Å². The van der Waals surface area contributed by atoms with Crippen molar-refractivity contribution >= 4 is 29.3 Å². The number of imidazole rings is 1. The van der Waals surface area contributed by atoms with Crippen LogP contribution < -0.4 is 5.73 Å². The first-order valence-corrected chi connectivity index (χ1v) is 7.17. The molecule has 1 aromatic carbocycles. The normalized spacial score (nSPS) is 12.3. The molecule has 5 nitrogen and oxygen atoms in total. The highest BCUT2D eigenvalue weighted by atomic mass is 35.5. The van der Waals surface area contributed by atoms with E-state index in [1.54, 1.807) is 18.2 Å². The van der Waals surface area contributed by atoms with Gasteiger partial charge in [-0.2, -0.15) is 0 Å². The van der Waals surface area contributed by atoms with Gasteiger partial charge >= 0.3 is 6.09 Å². The van der Waals surface area contributed by atoms with Crippen LogP contribution in [-0.4, -0.2) is 26.8 Å². The SMILES string of the molecule is N[C@H](CCc1c(Cl)cccc1Cl)Cc1cn(C(=O)O)cn1. The fourth-order valence-electron chi connectivity index (χ4n) is 2.05. The fourth-order valence-corrected chi connectivity index (χ4v) is 2.63. The van der Waals surface area contributed by atoms with Gasteiger partial charge in [0.05, 0.1) is 5.69 Å². The van der Waals surface area contributed by atoms with Crippen LogP contribution in [0.4, 0.5) is 4.79 Å². The number of aromatic nitrogens is 2. The molecule has 1 atom stereocenters. The lowest BCUT2D eigenvalue weighted by Gasteiger charge is -2.12. The second kappa shape index (κ2) is 6.93. The van der Waals surface area contributed by atoms with Gasteiger partial charge in [-0.1, -0.05) is 29.3 Å². The molecule has 2 aromatic rings. The smallest absolute Gasteiger partial charge is 0.416 e. The van der Waals surface area contributed by atoms with Crippen LogP contribution in [0, 0.1) is 0 Å². The van der Waals surface area contributed by atoms with Crippen molar-refractivity contribution in [2.75, 3.05) is 0 Å². The Bertz CT molecular complexity index is 623. The molecule has 0 aliphatic heterocycles. The molecule has 0 fully saturated rings. The fraction of sp³-hybridized carbons (Fsp3) is 0.286. The summed E-state index contributed by atoms with van der Waals surface area (Å²) in [6.45, 7) is 0. The number of nitrogens with two attached hydrogens (primary N) is 1. The van der Waals surface area contributed by atoms with E-state index in [2.05, 4.69) is 4.98 Å². The number of carbonyl (C=O) groups is 1. The first-order valence-electron chi connectivity index (χ1n) is 6.42. The van der Waals surface area contributed by atoms with Crippen LogP contribution in [0.1, 0.15) is 17.7 Å². The van der Waals surface area contributed by atoms with Gasteiger partial charge in [0.25, 0.3) is 0 Å². The van der Waals surface area contributed by atoms with Crippen molar-refractivity contribution < 1.29 is 9.90 Å². The lowest BCUT2D eigenvalue weighted by molar-refractivity contribution is 0.196. The van der Waals surface area contributed by atoms with Crippen molar-refractivity contribution in [3.63, 3.8) is 0 Å². The standard InChI is InChI=1S/C14H15Cl2N3O2/c15-12-2-1-3-13(16)11(12)5-4-9(17)6-10-7-19(8-18-10)14(20)21/h1-3,7-9H,4-6,17H2,(H,20,21)/t9-/m1/s1. The molecule has 0 saturated heterocycles. The predicted octanol–water partition coefficient (Wildman–Crippen LogP) is 3.22. The van der Waals surface area contributed by atoms with E-state index in [1.165, 1.54) is 12.5 Å². The highest BCUT2D eigenvalue weighted by Crippen LogP contribution is 2.25. The minimum Gasteiger partial charge on any atom is -0.464 e. The summed E-state index contributed by atoms with van der Waals surface area (Å²) in [4.78, 5) is 14.8. The van der Waals surface area contributed by atoms with Crippen LogP contribution in [-0.2, 0) is 12.8 Å². The zero-order chi connectivity index (χ0) is 15.4. The van der Waals surface area contributed by atoms with Gasteiger partial charge in [0.15, 0.2) is 0 Å². The summed E-state index contributed by atoms with van der Waals surface area (Å²) in [5, 5.41) is 10.1. The molecule has 0 aliphatic rings. The quantitative estimate of drug-likeness (QED) is 0.883. The molecule has 1 aromatic heterocycles. The largest absolute Gasteiger partial charge is 0.464 e. The number of nitrogens with zero attached hydrogens (tertiary/aromatic N) is 2. The van der Waals surface area contributed by atoms with Gasteiger partial charge in [-0.15, -0.1) is 0 Å². The molecule has 1 heterocycles. The number of hydrogen-bond acceptors (Lipinski definition) is 3. The van der Waals surface area contributed by atoms with E-state index in [1.807, 2.05) is 0 Å². The second-order valence-corrected chi connectivity index (χ2v) is 5.57. The summed E-state index contributed by atoms with van der Waals surface area (Å²) in [6.07, 6.45) is 3.51. The van der Waals surface area contributed by atoms with E-state index >= 15 is 0 Å². The minimum absolute atomic E-state index is 0.144.